The largest absolute Gasteiger partial charge is 0.354 e. The van der Waals surface area contributed by atoms with Crippen LogP contribution in [-0.2, 0) is 4.74 Å². The molecular weight excluding hydrogens is 327 g/mol. The van der Waals surface area contributed by atoms with Crippen LogP contribution in [0.4, 0.5) is 0 Å². The minimum atomic E-state index is -0.0528. The summed E-state index contributed by atoms with van der Waals surface area (Å²) in [4.78, 5) is 0. The fourth-order valence-electron chi connectivity index (χ4n) is 4.18. The standard InChI is InChI=1S/C18H35OPS2/c1-4-15-22-18(19-2,21-3)20(16-11-7-5-8-12-16)17-13-9-6-10-14-17/h16-17H,4-15H2,1-3H3. The molecule has 2 saturated carbocycles. The molecule has 1 unspecified atom stereocenters. The van der Waals surface area contributed by atoms with E-state index in [0.29, 0.717) is 0 Å². The Bertz CT molecular complexity index is 279. The lowest BCUT2D eigenvalue weighted by atomic mass is 9.99. The molecule has 2 aliphatic rings. The molecule has 130 valence electrons. The number of rotatable bonds is 8. The minimum Gasteiger partial charge on any atom is -0.354 e. The van der Waals surface area contributed by atoms with Crippen molar-refractivity contribution < 1.29 is 4.74 Å². The lowest BCUT2D eigenvalue weighted by Gasteiger charge is -2.48. The third-order valence-corrected chi connectivity index (χ3v) is 13.6. The van der Waals surface area contributed by atoms with Crippen molar-refractivity contribution in [1.82, 2.24) is 0 Å². The maximum absolute atomic E-state index is 6.31. The Morgan fingerprint density at radius 2 is 1.45 bits per heavy atom. The first-order valence-corrected chi connectivity index (χ1v) is 13.0. The summed E-state index contributed by atoms with van der Waals surface area (Å²) in [5.74, 6) is 1.24. The number of hydrogen-bond acceptors (Lipinski definition) is 3. The van der Waals surface area contributed by atoms with Crippen molar-refractivity contribution in [3.8, 4) is 0 Å². The summed E-state index contributed by atoms with van der Waals surface area (Å²) in [6.07, 6.45) is 18.2. The zero-order valence-electron chi connectivity index (χ0n) is 14.8. The van der Waals surface area contributed by atoms with E-state index in [1.807, 2.05) is 18.9 Å². The first kappa shape index (κ1) is 19.4. The van der Waals surface area contributed by atoms with Crippen molar-refractivity contribution in [3.63, 3.8) is 0 Å². The Morgan fingerprint density at radius 3 is 1.82 bits per heavy atom. The second-order valence-electron chi connectivity index (χ2n) is 6.77. The van der Waals surface area contributed by atoms with Crippen LogP contribution >= 0.6 is 31.4 Å². The normalized spacial score (nSPS) is 24.5. The van der Waals surface area contributed by atoms with Gasteiger partial charge in [0.05, 0.1) is 0 Å². The molecule has 22 heavy (non-hydrogen) atoms. The number of methoxy groups -OCH3 is 1. The van der Waals surface area contributed by atoms with Crippen molar-refractivity contribution >= 4 is 31.4 Å². The van der Waals surface area contributed by atoms with E-state index < -0.39 is 0 Å². The molecule has 0 aromatic rings. The van der Waals surface area contributed by atoms with E-state index in [0.717, 1.165) is 11.3 Å². The van der Waals surface area contributed by atoms with Crippen molar-refractivity contribution in [2.45, 2.75) is 92.9 Å². The van der Waals surface area contributed by atoms with Crippen LogP contribution in [-0.4, -0.2) is 34.4 Å². The van der Waals surface area contributed by atoms with E-state index in [1.165, 1.54) is 76.4 Å². The lowest BCUT2D eigenvalue weighted by Crippen LogP contribution is -2.33. The number of hydrogen-bond donors (Lipinski definition) is 0. The number of thioether (sulfide) groups is 2. The third kappa shape index (κ3) is 4.80. The Kier molecular flexibility index (Phi) is 8.97. The first-order valence-electron chi connectivity index (χ1n) is 9.30. The van der Waals surface area contributed by atoms with E-state index >= 15 is 0 Å². The molecule has 2 rings (SSSR count). The van der Waals surface area contributed by atoms with Gasteiger partial charge in [-0.25, -0.2) is 0 Å². The monoisotopic (exact) mass is 362 g/mol. The Morgan fingerprint density at radius 1 is 0.955 bits per heavy atom. The molecule has 0 radical (unpaired) electrons. The predicted molar refractivity (Wildman–Crippen MR) is 107 cm³/mol. The van der Waals surface area contributed by atoms with Crippen molar-refractivity contribution in [2.75, 3.05) is 19.1 Å². The van der Waals surface area contributed by atoms with E-state index in [4.69, 9.17) is 4.74 Å². The maximum atomic E-state index is 6.31. The van der Waals surface area contributed by atoms with Gasteiger partial charge in [-0.1, -0.05) is 45.4 Å². The van der Waals surface area contributed by atoms with Crippen LogP contribution in [0.5, 0.6) is 0 Å². The molecule has 1 nitrogen and oxygen atoms in total. The molecule has 2 fully saturated rings. The summed E-state index contributed by atoms with van der Waals surface area (Å²) in [7, 11) is 1.93. The van der Waals surface area contributed by atoms with Crippen LogP contribution in [0.1, 0.15) is 77.6 Å². The highest BCUT2D eigenvalue weighted by atomic mass is 32.2. The van der Waals surface area contributed by atoms with Gasteiger partial charge in [-0.2, -0.15) is 0 Å². The average molecular weight is 363 g/mol. The minimum absolute atomic E-state index is 0.0528. The molecular formula is C18H35OPS2. The zero-order valence-corrected chi connectivity index (χ0v) is 17.3. The molecule has 0 aromatic heterocycles. The van der Waals surface area contributed by atoms with Gasteiger partial charge in [-0.15, -0.1) is 23.5 Å². The third-order valence-electron chi connectivity index (χ3n) is 5.26. The highest BCUT2D eigenvalue weighted by molar-refractivity contribution is 8.24. The summed E-state index contributed by atoms with van der Waals surface area (Å²) >= 11 is 4.16. The van der Waals surface area contributed by atoms with Crippen molar-refractivity contribution in [2.24, 2.45) is 0 Å². The zero-order chi connectivity index (χ0) is 15.8. The molecule has 4 heteroatoms. The van der Waals surface area contributed by atoms with Gasteiger partial charge in [0.15, 0.2) is 4.01 Å². The quantitative estimate of drug-likeness (QED) is 0.343. The van der Waals surface area contributed by atoms with Gasteiger partial charge in [-0.3, -0.25) is 0 Å². The van der Waals surface area contributed by atoms with Crippen LogP contribution in [0.15, 0.2) is 0 Å². The molecule has 0 heterocycles. The van der Waals surface area contributed by atoms with Crippen LogP contribution in [0.2, 0.25) is 0 Å². The second-order valence-corrected chi connectivity index (χ2v) is 12.8. The van der Waals surface area contributed by atoms with Crippen LogP contribution in [0.25, 0.3) is 0 Å². The van der Waals surface area contributed by atoms with Crippen LogP contribution < -0.4 is 0 Å². The number of ether oxygens (including phenoxy) is 1. The molecule has 0 spiro atoms. The van der Waals surface area contributed by atoms with Gasteiger partial charge in [0.25, 0.3) is 0 Å². The summed E-state index contributed by atoms with van der Waals surface area (Å²) < 4.78 is 6.38. The molecule has 0 aliphatic heterocycles. The molecule has 0 saturated heterocycles. The Balaban J connectivity index is 2.21. The molecule has 2 aliphatic carbocycles. The molecule has 0 N–H and O–H groups in total. The van der Waals surface area contributed by atoms with Gasteiger partial charge in [0.1, 0.15) is 0 Å². The smallest absolute Gasteiger partial charge is 0.178 e. The maximum Gasteiger partial charge on any atom is 0.178 e. The summed E-state index contributed by atoms with van der Waals surface area (Å²) in [5, 5.41) is 0. The molecule has 0 amide bonds. The second kappa shape index (κ2) is 10.2. The van der Waals surface area contributed by atoms with Gasteiger partial charge < -0.3 is 4.74 Å². The van der Waals surface area contributed by atoms with E-state index in [1.54, 1.807) is 0 Å². The fraction of sp³-hybridized carbons (Fsp3) is 1.00. The lowest BCUT2D eigenvalue weighted by molar-refractivity contribution is 0.204. The fourth-order valence-corrected chi connectivity index (χ4v) is 12.7. The summed E-state index contributed by atoms with van der Waals surface area (Å²) in [5.41, 5.74) is 1.92. The van der Waals surface area contributed by atoms with Crippen LogP contribution in [0.3, 0.4) is 0 Å². The average Bonchev–Trinajstić information content (AvgIpc) is 2.60. The van der Waals surface area contributed by atoms with Crippen molar-refractivity contribution in [3.05, 3.63) is 0 Å². The van der Waals surface area contributed by atoms with Gasteiger partial charge in [0.2, 0.25) is 0 Å². The van der Waals surface area contributed by atoms with E-state index in [-0.39, 0.29) is 11.9 Å². The molecule has 0 bridgehead atoms. The van der Waals surface area contributed by atoms with Gasteiger partial charge >= 0.3 is 0 Å². The van der Waals surface area contributed by atoms with Crippen molar-refractivity contribution in [1.29, 1.82) is 0 Å². The Labute approximate surface area is 148 Å². The predicted octanol–water partition coefficient (Wildman–Crippen LogP) is 6.90. The highest BCUT2D eigenvalue weighted by Gasteiger charge is 2.47. The highest BCUT2D eigenvalue weighted by Crippen LogP contribution is 2.71. The molecule has 1 atom stereocenters. The van der Waals surface area contributed by atoms with E-state index in [9.17, 15) is 0 Å². The SMILES string of the molecule is CCCSC(OC)(SC)P(C1CCCCC1)C1CCCCC1. The van der Waals surface area contributed by atoms with E-state index in [2.05, 4.69) is 24.9 Å². The van der Waals surface area contributed by atoms with Gasteiger partial charge in [-0.05, 0) is 63.4 Å². The van der Waals surface area contributed by atoms with Crippen LogP contribution in [0, 0.1) is 0 Å². The topological polar surface area (TPSA) is 9.23 Å². The first-order chi connectivity index (χ1) is 10.8. The molecule has 0 aromatic carbocycles. The summed E-state index contributed by atoms with van der Waals surface area (Å²) in [6.45, 7) is 2.30. The Hall–Kier alpha value is 1.09. The van der Waals surface area contributed by atoms with Gasteiger partial charge in [0, 0.05) is 7.11 Å². The summed E-state index contributed by atoms with van der Waals surface area (Å²) in [6, 6.07) is 0.